The Hall–Kier alpha value is -2.52. The number of carbonyl (C=O) groups excluding carboxylic acids is 1. The van der Waals surface area contributed by atoms with Gasteiger partial charge >= 0.3 is 5.97 Å². The Morgan fingerprint density at radius 2 is 2.12 bits per heavy atom. The van der Waals surface area contributed by atoms with Gasteiger partial charge in [0.25, 0.3) is 0 Å². The van der Waals surface area contributed by atoms with E-state index in [4.69, 9.17) is 16.3 Å². The predicted molar refractivity (Wildman–Crippen MR) is 98.8 cm³/mol. The van der Waals surface area contributed by atoms with Crippen molar-refractivity contribution in [1.29, 1.82) is 0 Å². The molecule has 4 heterocycles. The summed E-state index contributed by atoms with van der Waals surface area (Å²) in [5, 5.41) is 10.1. The van der Waals surface area contributed by atoms with Gasteiger partial charge in [0.05, 0.1) is 22.7 Å². The minimum atomic E-state index is -0.351. The maximum absolute atomic E-state index is 12.2. The molecule has 0 saturated heterocycles. The molecule has 0 amide bonds. The Morgan fingerprint density at radius 1 is 1.35 bits per heavy atom. The van der Waals surface area contributed by atoms with Crippen molar-refractivity contribution in [2.24, 2.45) is 7.05 Å². The van der Waals surface area contributed by atoms with Gasteiger partial charge in [-0.15, -0.1) is 16.4 Å². The van der Waals surface area contributed by atoms with Crippen molar-refractivity contribution in [3.63, 3.8) is 0 Å². The van der Waals surface area contributed by atoms with Gasteiger partial charge < -0.3 is 4.74 Å². The molecule has 26 heavy (non-hydrogen) atoms. The fourth-order valence-electron chi connectivity index (χ4n) is 2.90. The van der Waals surface area contributed by atoms with Gasteiger partial charge in [0.1, 0.15) is 21.7 Å². The molecule has 0 bridgehead atoms. The van der Waals surface area contributed by atoms with E-state index in [-0.39, 0.29) is 5.97 Å². The first kappa shape index (κ1) is 16.9. The van der Waals surface area contributed by atoms with Crippen LogP contribution in [0.1, 0.15) is 27.9 Å². The van der Waals surface area contributed by atoms with Gasteiger partial charge in [0.15, 0.2) is 5.65 Å². The molecular formula is C16H15ClN6O2S. The summed E-state index contributed by atoms with van der Waals surface area (Å²) in [7, 11) is 1.79. The molecule has 4 aromatic rings. The van der Waals surface area contributed by atoms with Gasteiger partial charge in [-0.1, -0.05) is 11.6 Å². The van der Waals surface area contributed by atoms with Crippen molar-refractivity contribution in [3.05, 3.63) is 27.5 Å². The number of aryl methyl sites for hydroxylation is 3. The first-order valence-corrected chi connectivity index (χ1v) is 9.12. The van der Waals surface area contributed by atoms with E-state index in [1.54, 1.807) is 29.5 Å². The number of hydrogen-bond donors (Lipinski definition) is 0. The molecule has 4 aromatic heterocycles. The molecule has 0 aliphatic heterocycles. The molecule has 10 heteroatoms. The SMILES string of the molecule is CCOC(=O)c1sc2ncn3nc(-c4c(Cl)c(C)nn4C)nc3c2c1C. The smallest absolute Gasteiger partial charge is 0.348 e. The number of esters is 1. The van der Waals surface area contributed by atoms with E-state index in [9.17, 15) is 4.79 Å². The van der Waals surface area contributed by atoms with Crippen molar-refractivity contribution in [2.45, 2.75) is 20.8 Å². The van der Waals surface area contributed by atoms with Crippen molar-refractivity contribution in [2.75, 3.05) is 6.61 Å². The average molecular weight is 391 g/mol. The summed E-state index contributed by atoms with van der Waals surface area (Å²) in [5.41, 5.74) is 2.75. The lowest BCUT2D eigenvalue weighted by molar-refractivity contribution is 0.0531. The molecule has 0 atom stereocenters. The fraction of sp³-hybridized carbons (Fsp3) is 0.312. The second-order valence-electron chi connectivity index (χ2n) is 5.78. The zero-order chi connectivity index (χ0) is 18.6. The van der Waals surface area contributed by atoms with E-state index < -0.39 is 0 Å². The molecule has 0 N–H and O–H groups in total. The van der Waals surface area contributed by atoms with Gasteiger partial charge in [0, 0.05) is 7.05 Å². The van der Waals surface area contributed by atoms with Crippen LogP contribution in [0.3, 0.4) is 0 Å². The Morgan fingerprint density at radius 3 is 2.77 bits per heavy atom. The molecule has 0 unspecified atom stereocenters. The molecule has 0 saturated carbocycles. The van der Waals surface area contributed by atoms with Crippen molar-refractivity contribution in [3.8, 4) is 11.5 Å². The summed E-state index contributed by atoms with van der Waals surface area (Å²) < 4.78 is 8.37. The van der Waals surface area contributed by atoms with Crippen molar-refractivity contribution >= 4 is 44.8 Å². The predicted octanol–water partition coefficient (Wildman–Crippen LogP) is 3.19. The average Bonchev–Trinajstić information content (AvgIpc) is 3.22. The highest BCUT2D eigenvalue weighted by Gasteiger charge is 2.23. The molecule has 4 rings (SSSR count). The number of thiophene rings is 1. The third-order valence-electron chi connectivity index (χ3n) is 4.09. The number of hydrogen-bond acceptors (Lipinski definition) is 7. The van der Waals surface area contributed by atoms with Gasteiger partial charge in [-0.2, -0.15) is 5.10 Å². The quantitative estimate of drug-likeness (QED) is 0.499. The molecule has 0 aliphatic carbocycles. The number of carbonyl (C=O) groups is 1. The highest BCUT2D eigenvalue weighted by Crippen LogP contribution is 2.34. The topological polar surface area (TPSA) is 87.2 Å². The van der Waals surface area contributed by atoms with Gasteiger partial charge in [-0.25, -0.2) is 19.3 Å². The summed E-state index contributed by atoms with van der Waals surface area (Å²) in [6.07, 6.45) is 1.58. The number of fused-ring (bicyclic) bond motifs is 3. The normalized spacial score (nSPS) is 11.6. The van der Waals surface area contributed by atoms with E-state index in [2.05, 4.69) is 20.2 Å². The van der Waals surface area contributed by atoms with Crippen LogP contribution in [-0.2, 0) is 11.8 Å². The molecule has 8 nitrogen and oxygen atoms in total. The number of ether oxygens (including phenoxy) is 1. The standard InChI is InChI=1S/C16H15ClN6O2S/c1-5-25-16(24)12-7(2)9-14-19-13(11-10(17)8(3)20-22(11)4)21-23(14)6-18-15(9)26-12/h6H,5H2,1-4H3. The van der Waals surface area contributed by atoms with E-state index in [1.165, 1.54) is 11.3 Å². The molecule has 0 fully saturated rings. The zero-order valence-electron chi connectivity index (χ0n) is 14.6. The highest BCUT2D eigenvalue weighted by molar-refractivity contribution is 7.20. The number of aromatic nitrogens is 6. The highest BCUT2D eigenvalue weighted by atomic mass is 35.5. The van der Waals surface area contributed by atoms with Crippen LogP contribution >= 0.6 is 22.9 Å². The van der Waals surface area contributed by atoms with E-state index in [1.807, 2.05) is 13.8 Å². The second kappa shape index (κ2) is 6.03. The summed E-state index contributed by atoms with van der Waals surface area (Å²) in [4.78, 5) is 22.5. The fourth-order valence-corrected chi connectivity index (χ4v) is 4.18. The van der Waals surface area contributed by atoms with Crippen LogP contribution in [0.4, 0.5) is 0 Å². The largest absolute Gasteiger partial charge is 0.462 e. The minimum absolute atomic E-state index is 0.322. The van der Waals surface area contributed by atoms with Crippen LogP contribution < -0.4 is 0 Å². The summed E-state index contributed by atoms with van der Waals surface area (Å²) in [6, 6.07) is 0. The minimum Gasteiger partial charge on any atom is -0.462 e. The van der Waals surface area contributed by atoms with Crippen LogP contribution in [0.15, 0.2) is 6.33 Å². The molecule has 0 spiro atoms. The maximum Gasteiger partial charge on any atom is 0.348 e. The third kappa shape index (κ3) is 2.38. The van der Waals surface area contributed by atoms with Gasteiger partial charge in [-0.05, 0) is 26.3 Å². The van der Waals surface area contributed by atoms with Crippen LogP contribution in [0.25, 0.3) is 27.4 Å². The Labute approximate surface area is 157 Å². The van der Waals surface area contributed by atoms with Crippen molar-refractivity contribution < 1.29 is 9.53 Å². The third-order valence-corrected chi connectivity index (χ3v) is 5.72. The monoisotopic (exact) mass is 390 g/mol. The second-order valence-corrected chi connectivity index (χ2v) is 7.15. The molecule has 0 aromatic carbocycles. The Kier molecular flexibility index (Phi) is 3.92. The van der Waals surface area contributed by atoms with E-state index >= 15 is 0 Å². The maximum atomic E-state index is 12.2. The zero-order valence-corrected chi connectivity index (χ0v) is 16.1. The van der Waals surface area contributed by atoms with Gasteiger partial charge in [-0.3, -0.25) is 4.68 Å². The van der Waals surface area contributed by atoms with Crippen molar-refractivity contribution in [1.82, 2.24) is 29.4 Å². The first-order valence-electron chi connectivity index (χ1n) is 7.93. The van der Waals surface area contributed by atoms with E-state index in [0.29, 0.717) is 44.2 Å². The first-order chi connectivity index (χ1) is 12.4. The van der Waals surface area contributed by atoms with Crippen LogP contribution in [0.5, 0.6) is 0 Å². The van der Waals surface area contributed by atoms with Crippen LogP contribution in [0.2, 0.25) is 5.02 Å². The summed E-state index contributed by atoms with van der Waals surface area (Å²) in [6.45, 7) is 5.79. The Bertz CT molecular complexity index is 1180. The summed E-state index contributed by atoms with van der Waals surface area (Å²) >= 11 is 7.65. The number of rotatable bonds is 3. The lowest BCUT2D eigenvalue weighted by Crippen LogP contribution is -2.03. The number of nitrogens with zero attached hydrogens (tertiary/aromatic N) is 6. The van der Waals surface area contributed by atoms with Gasteiger partial charge in [0.2, 0.25) is 5.82 Å². The number of halogens is 1. The summed E-state index contributed by atoms with van der Waals surface area (Å²) in [5.74, 6) is 0.104. The molecular weight excluding hydrogens is 376 g/mol. The molecule has 134 valence electrons. The van der Waals surface area contributed by atoms with Crippen LogP contribution in [0, 0.1) is 13.8 Å². The van der Waals surface area contributed by atoms with Crippen LogP contribution in [-0.4, -0.2) is 41.9 Å². The van der Waals surface area contributed by atoms with E-state index in [0.717, 1.165) is 10.9 Å². The molecule has 0 radical (unpaired) electrons. The lowest BCUT2D eigenvalue weighted by Gasteiger charge is -1.99. The lowest BCUT2D eigenvalue weighted by atomic mass is 10.2. The Balaban J connectivity index is 1.96. The molecule has 0 aliphatic rings.